The third-order valence-electron chi connectivity index (χ3n) is 11.1. The molecule has 7 nitrogen and oxygen atoms in total. The van der Waals surface area contributed by atoms with Gasteiger partial charge in [-0.1, -0.05) is 66.7 Å². The molecule has 0 unspecified atom stereocenters. The first-order chi connectivity index (χ1) is 29.2. The number of pyridine rings is 1. The molecule has 0 radical (unpaired) electrons. The lowest BCUT2D eigenvalue weighted by Crippen LogP contribution is -2.09. The number of aromatic nitrogens is 6. The van der Waals surface area contributed by atoms with Crippen molar-refractivity contribution in [1.29, 1.82) is 0 Å². The SMILES string of the molecule is c1ccc(-n2ccc3cc4c5cc(-c6ccc(N(c7ccc(-c8ccncc8)cc7)c7ccc(-c8ncncn8)cc7)cc6)ccc5n(-c5ccccc5)c4cc32)cc1. The fourth-order valence-electron chi connectivity index (χ4n) is 8.24. The van der Waals surface area contributed by atoms with Crippen LogP contribution in [0.2, 0.25) is 0 Å². The van der Waals surface area contributed by atoms with E-state index in [-0.39, 0.29) is 0 Å². The van der Waals surface area contributed by atoms with Crippen molar-refractivity contribution in [3.8, 4) is 45.0 Å². The van der Waals surface area contributed by atoms with E-state index < -0.39 is 0 Å². The molecule has 0 N–H and O–H groups in total. The van der Waals surface area contributed by atoms with Gasteiger partial charge in [-0.15, -0.1) is 0 Å². The predicted molar refractivity (Wildman–Crippen MR) is 240 cm³/mol. The zero-order valence-electron chi connectivity index (χ0n) is 31.8. The second kappa shape index (κ2) is 14.4. The van der Waals surface area contributed by atoms with Crippen molar-refractivity contribution < 1.29 is 0 Å². The Morgan fingerprint density at radius 1 is 0.390 bits per heavy atom. The van der Waals surface area contributed by atoms with Crippen LogP contribution in [-0.4, -0.2) is 29.1 Å². The summed E-state index contributed by atoms with van der Waals surface area (Å²) in [5.74, 6) is 0.642. The van der Waals surface area contributed by atoms with E-state index >= 15 is 0 Å². The second-order valence-electron chi connectivity index (χ2n) is 14.5. The summed E-state index contributed by atoms with van der Waals surface area (Å²) < 4.78 is 4.67. The molecule has 0 aliphatic heterocycles. The normalized spacial score (nSPS) is 11.4. The van der Waals surface area contributed by atoms with Gasteiger partial charge in [0.1, 0.15) is 12.7 Å². The lowest BCUT2D eigenvalue weighted by atomic mass is 10.0. The Balaban J connectivity index is 1.00. The minimum absolute atomic E-state index is 0.642. The van der Waals surface area contributed by atoms with E-state index in [2.05, 4.69) is 210 Å². The van der Waals surface area contributed by atoms with Crippen molar-refractivity contribution in [2.24, 2.45) is 0 Å². The number of hydrogen-bond acceptors (Lipinski definition) is 5. The summed E-state index contributed by atoms with van der Waals surface area (Å²) in [5.41, 5.74) is 14.4. The van der Waals surface area contributed by atoms with Gasteiger partial charge in [-0.3, -0.25) is 4.98 Å². The molecule has 11 rings (SSSR count). The molecule has 0 aliphatic rings. The smallest absolute Gasteiger partial charge is 0.162 e. The number of hydrogen-bond donors (Lipinski definition) is 0. The highest BCUT2D eigenvalue weighted by Crippen LogP contribution is 2.40. The highest BCUT2D eigenvalue weighted by Gasteiger charge is 2.18. The molecule has 59 heavy (non-hydrogen) atoms. The first kappa shape index (κ1) is 34.1. The Kier molecular flexibility index (Phi) is 8.33. The van der Waals surface area contributed by atoms with Gasteiger partial charge in [0, 0.05) is 68.7 Å². The molecule has 0 spiro atoms. The van der Waals surface area contributed by atoms with Gasteiger partial charge in [0.05, 0.1) is 16.6 Å². The number of rotatable bonds is 8. The molecule has 0 aliphatic carbocycles. The second-order valence-corrected chi connectivity index (χ2v) is 14.5. The molecule has 0 saturated heterocycles. The summed E-state index contributed by atoms with van der Waals surface area (Å²) in [6, 6.07) is 64.9. The van der Waals surface area contributed by atoms with Crippen LogP contribution in [0, 0.1) is 0 Å². The minimum atomic E-state index is 0.642. The van der Waals surface area contributed by atoms with E-state index in [1.54, 1.807) is 0 Å². The van der Waals surface area contributed by atoms with Crippen LogP contribution >= 0.6 is 0 Å². The lowest BCUT2D eigenvalue weighted by molar-refractivity contribution is 1.06. The van der Waals surface area contributed by atoms with Crippen molar-refractivity contribution in [3.63, 3.8) is 0 Å². The number of fused-ring (bicyclic) bond motifs is 4. The maximum Gasteiger partial charge on any atom is 0.162 e. The van der Waals surface area contributed by atoms with Crippen LogP contribution in [-0.2, 0) is 0 Å². The highest BCUT2D eigenvalue weighted by atomic mass is 15.1. The number of anilines is 3. The quantitative estimate of drug-likeness (QED) is 0.154. The molecule has 11 aromatic rings. The lowest BCUT2D eigenvalue weighted by Gasteiger charge is -2.26. The van der Waals surface area contributed by atoms with Gasteiger partial charge in [-0.25, -0.2) is 15.0 Å². The van der Waals surface area contributed by atoms with Crippen LogP contribution in [0.25, 0.3) is 77.7 Å². The summed E-state index contributed by atoms with van der Waals surface area (Å²) in [7, 11) is 0. The van der Waals surface area contributed by atoms with Crippen LogP contribution in [0.4, 0.5) is 17.1 Å². The van der Waals surface area contributed by atoms with Gasteiger partial charge >= 0.3 is 0 Å². The molecule has 0 saturated carbocycles. The van der Waals surface area contributed by atoms with Crippen molar-refractivity contribution in [1.82, 2.24) is 29.1 Å². The topological polar surface area (TPSA) is 64.7 Å². The van der Waals surface area contributed by atoms with Gasteiger partial charge in [0.2, 0.25) is 0 Å². The Bertz CT molecular complexity index is 3130. The van der Waals surface area contributed by atoms with E-state index in [0.717, 1.165) is 56.3 Å². The van der Waals surface area contributed by atoms with Gasteiger partial charge in [-0.05, 0) is 138 Å². The van der Waals surface area contributed by atoms with Gasteiger partial charge < -0.3 is 14.0 Å². The third-order valence-corrected chi connectivity index (χ3v) is 11.1. The van der Waals surface area contributed by atoms with Crippen LogP contribution < -0.4 is 4.90 Å². The fourth-order valence-corrected chi connectivity index (χ4v) is 8.24. The molecule has 0 bridgehead atoms. The zero-order chi connectivity index (χ0) is 39.1. The summed E-state index contributed by atoms with van der Waals surface area (Å²) in [5, 5.41) is 3.65. The molecular formula is C52H35N7. The Hall–Kier alpha value is -8.16. The van der Waals surface area contributed by atoms with E-state index in [1.807, 2.05) is 24.5 Å². The molecule has 4 aromatic heterocycles. The van der Waals surface area contributed by atoms with Crippen molar-refractivity contribution in [3.05, 3.63) is 213 Å². The van der Waals surface area contributed by atoms with E-state index in [1.165, 1.54) is 45.4 Å². The molecule has 0 fully saturated rings. The maximum absolute atomic E-state index is 4.35. The first-order valence-corrected chi connectivity index (χ1v) is 19.6. The molecule has 0 amide bonds. The van der Waals surface area contributed by atoms with E-state index in [4.69, 9.17) is 0 Å². The zero-order valence-corrected chi connectivity index (χ0v) is 31.8. The van der Waals surface area contributed by atoms with Crippen LogP contribution in [0.5, 0.6) is 0 Å². The summed E-state index contributed by atoms with van der Waals surface area (Å²) in [6.45, 7) is 0. The molecule has 0 atom stereocenters. The predicted octanol–water partition coefficient (Wildman–Crippen LogP) is 12.8. The average molecular weight is 758 g/mol. The van der Waals surface area contributed by atoms with Gasteiger partial charge in [-0.2, -0.15) is 0 Å². The first-order valence-electron chi connectivity index (χ1n) is 19.6. The standard InChI is InChI=1S/C52H35N7/c1-3-7-42(8-4-1)57-30-27-41-32-48-47-31-40(17-24-49(47)59(51(48)33-50(41)57)43-9-5-2-6-10-43)37-13-20-45(21-14-37)58(44-18-11-36(12-19-44)38-25-28-53-29-26-38)46-22-15-39(16-23-46)52-55-34-54-35-56-52/h1-35H. The number of nitrogens with zero attached hydrogens (tertiary/aromatic N) is 7. The Labute approximate surface area is 340 Å². The van der Waals surface area contributed by atoms with Crippen molar-refractivity contribution in [2.45, 2.75) is 0 Å². The monoisotopic (exact) mass is 757 g/mol. The highest BCUT2D eigenvalue weighted by molar-refractivity contribution is 6.14. The Morgan fingerprint density at radius 3 is 1.58 bits per heavy atom. The Morgan fingerprint density at radius 2 is 0.932 bits per heavy atom. The molecular weight excluding hydrogens is 723 g/mol. The average Bonchev–Trinajstić information content (AvgIpc) is 3.88. The van der Waals surface area contributed by atoms with E-state index in [9.17, 15) is 0 Å². The van der Waals surface area contributed by atoms with Crippen LogP contribution in [0.15, 0.2) is 213 Å². The number of para-hydroxylation sites is 2. The molecule has 7 aromatic carbocycles. The van der Waals surface area contributed by atoms with Crippen LogP contribution in [0.1, 0.15) is 0 Å². The van der Waals surface area contributed by atoms with Crippen molar-refractivity contribution >= 4 is 49.8 Å². The molecule has 4 heterocycles. The summed E-state index contributed by atoms with van der Waals surface area (Å²) in [4.78, 5) is 19.2. The maximum atomic E-state index is 4.35. The summed E-state index contributed by atoms with van der Waals surface area (Å²) in [6.07, 6.45) is 8.87. The molecule has 278 valence electrons. The van der Waals surface area contributed by atoms with Gasteiger partial charge in [0.15, 0.2) is 5.82 Å². The van der Waals surface area contributed by atoms with Gasteiger partial charge in [0.25, 0.3) is 0 Å². The number of benzene rings is 7. The van der Waals surface area contributed by atoms with Crippen LogP contribution in [0.3, 0.4) is 0 Å². The third kappa shape index (κ3) is 6.18. The summed E-state index contributed by atoms with van der Waals surface area (Å²) >= 11 is 0. The fraction of sp³-hybridized carbons (Fsp3) is 0. The minimum Gasteiger partial charge on any atom is -0.316 e. The van der Waals surface area contributed by atoms with Crippen molar-refractivity contribution in [2.75, 3.05) is 4.90 Å². The molecule has 7 heteroatoms. The largest absolute Gasteiger partial charge is 0.316 e. The van der Waals surface area contributed by atoms with E-state index in [0.29, 0.717) is 5.82 Å².